The fourth-order valence-corrected chi connectivity index (χ4v) is 4.51. The van der Waals surface area contributed by atoms with E-state index < -0.39 is 32.9 Å². The molecule has 1 heterocycles. The predicted octanol–water partition coefficient (Wildman–Crippen LogP) is 2.49. The predicted molar refractivity (Wildman–Crippen MR) is 102 cm³/mol. The molecule has 146 valence electrons. The fraction of sp³-hybridized carbons (Fsp3) is 0.111. The van der Waals surface area contributed by atoms with Crippen molar-refractivity contribution in [2.24, 2.45) is 0 Å². The molecule has 0 aliphatic carbocycles. The quantitative estimate of drug-likeness (QED) is 0.461. The number of benzene rings is 2. The summed E-state index contributed by atoms with van der Waals surface area (Å²) in [5.41, 5.74) is 1.13. The molecular weight excluding hydrogens is 408 g/mol. The number of carboxylic acids is 2. The van der Waals surface area contributed by atoms with Crippen molar-refractivity contribution >= 4 is 44.5 Å². The molecule has 2 aromatic carbocycles. The van der Waals surface area contributed by atoms with Crippen LogP contribution < -0.4 is 4.72 Å². The van der Waals surface area contributed by atoms with Gasteiger partial charge in [0.15, 0.2) is 0 Å². The van der Waals surface area contributed by atoms with Crippen LogP contribution in [-0.2, 0) is 21.2 Å². The van der Waals surface area contributed by atoms with Crippen LogP contribution >= 0.6 is 11.6 Å². The van der Waals surface area contributed by atoms with Gasteiger partial charge in [0.2, 0.25) is 10.0 Å². The third kappa shape index (κ3) is 4.01. The second-order valence-corrected chi connectivity index (χ2v) is 8.12. The van der Waals surface area contributed by atoms with Crippen molar-refractivity contribution in [3.05, 3.63) is 64.8 Å². The van der Waals surface area contributed by atoms with Crippen molar-refractivity contribution in [3.63, 3.8) is 0 Å². The summed E-state index contributed by atoms with van der Waals surface area (Å²) in [6, 6.07) is 8.91. The van der Waals surface area contributed by atoms with E-state index in [0.717, 1.165) is 29.1 Å². The Labute approximate surface area is 164 Å². The standard InChI is InChI=1S/C18H15ClN2O6S/c19-13-6-5-10(17(22)23)8-16(13)28(26,27)21-15(18(24)25)7-11-9-20-14-4-2-1-3-12(11)14/h1-6,8-9,15,20-21H,7H2,(H,22,23)(H,24,25)/t15-/m1/s1. The van der Waals surface area contributed by atoms with Crippen LogP contribution in [0.4, 0.5) is 0 Å². The van der Waals surface area contributed by atoms with Gasteiger partial charge in [0.1, 0.15) is 10.9 Å². The molecule has 0 aliphatic rings. The highest BCUT2D eigenvalue weighted by Crippen LogP contribution is 2.24. The lowest BCUT2D eigenvalue weighted by Gasteiger charge is -2.15. The summed E-state index contributed by atoms with van der Waals surface area (Å²) >= 11 is 5.90. The monoisotopic (exact) mass is 422 g/mol. The minimum absolute atomic E-state index is 0.116. The van der Waals surface area contributed by atoms with E-state index in [0.29, 0.717) is 5.56 Å². The Balaban J connectivity index is 1.93. The molecule has 8 nitrogen and oxygen atoms in total. The molecule has 0 spiro atoms. The molecule has 0 saturated carbocycles. The summed E-state index contributed by atoms with van der Waals surface area (Å²) in [6.07, 6.45) is 1.50. The minimum atomic E-state index is -4.38. The SMILES string of the molecule is O=C(O)c1ccc(Cl)c(S(=O)(=O)N[C@H](Cc2c[nH]c3ccccc23)C(=O)O)c1. The molecule has 0 unspecified atom stereocenters. The van der Waals surface area contributed by atoms with Gasteiger partial charge in [-0.3, -0.25) is 4.79 Å². The van der Waals surface area contributed by atoms with E-state index in [2.05, 4.69) is 9.71 Å². The lowest BCUT2D eigenvalue weighted by atomic mass is 10.1. The maximum Gasteiger partial charge on any atom is 0.335 e. The molecule has 1 atom stereocenters. The number of hydrogen-bond acceptors (Lipinski definition) is 4. The molecule has 0 fully saturated rings. The van der Waals surface area contributed by atoms with Crippen molar-refractivity contribution in [2.45, 2.75) is 17.4 Å². The largest absolute Gasteiger partial charge is 0.480 e. The zero-order chi connectivity index (χ0) is 20.5. The summed E-state index contributed by atoms with van der Waals surface area (Å²) in [7, 11) is -4.38. The summed E-state index contributed by atoms with van der Waals surface area (Å²) in [5, 5.41) is 19.1. The van der Waals surface area contributed by atoms with Gasteiger partial charge in [-0.1, -0.05) is 29.8 Å². The average molecular weight is 423 g/mol. The van der Waals surface area contributed by atoms with Crippen LogP contribution in [0.5, 0.6) is 0 Å². The van der Waals surface area contributed by atoms with Crippen LogP contribution in [0.1, 0.15) is 15.9 Å². The zero-order valence-corrected chi connectivity index (χ0v) is 15.8. The summed E-state index contributed by atoms with van der Waals surface area (Å²) in [6.45, 7) is 0. The van der Waals surface area contributed by atoms with Gasteiger partial charge < -0.3 is 15.2 Å². The van der Waals surface area contributed by atoms with Crippen LogP contribution in [-0.4, -0.2) is 41.6 Å². The second kappa shape index (κ2) is 7.63. The number of para-hydroxylation sites is 1. The van der Waals surface area contributed by atoms with Gasteiger partial charge in [-0.05, 0) is 29.8 Å². The molecular formula is C18H15ClN2O6S. The highest BCUT2D eigenvalue weighted by molar-refractivity contribution is 7.89. The van der Waals surface area contributed by atoms with Crippen LogP contribution in [0.2, 0.25) is 5.02 Å². The third-order valence-electron chi connectivity index (χ3n) is 4.16. The maximum atomic E-state index is 12.7. The van der Waals surface area contributed by atoms with Gasteiger partial charge in [0, 0.05) is 23.5 Å². The van der Waals surface area contributed by atoms with Gasteiger partial charge in [0.25, 0.3) is 0 Å². The first-order valence-corrected chi connectivity index (χ1v) is 9.88. The lowest BCUT2D eigenvalue weighted by Crippen LogP contribution is -2.42. The Morgan fingerprint density at radius 2 is 1.86 bits per heavy atom. The number of aromatic nitrogens is 1. The number of aromatic amines is 1. The molecule has 3 rings (SSSR count). The average Bonchev–Trinajstić information content (AvgIpc) is 3.04. The molecule has 28 heavy (non-hydrogen) atoms. The van der Waals surface area contributed by atoms with E-state index in [-0.39, 0.29) is 17.0 Å². The third-order valence-corrected chi connectivity index (χ3v) is 6.12. The van der Waals surface area contributed by atoms with Gasteiger partial charge in [-0.2, -0.15) is 4.72 Å². The first-order valence-electron chi connectivity index (χ1n) is 8.02. The van der Waals surface area contributed by atoms with E-state index >= 15 is 0 Å². The molecule has 0 amide bonds. The van der Waals surface area contributed by atoms with Gasteiger partial charge in [0.05, 0.1) is 10.6 Å². The number of sulfonamides is 1. The zero-order valence-electron chi connectivity index (χ0n) is 14.2. The Hall–Kier alpha value is -2.88. The van der Waals surface area contributed by atoms with Crippen LogP contribution in [0.15, 0.2) is 53.6 Å². The number of aliphatic carboxylic acids is 1. The van der Waals surface area contributed by atoms with E-state index in [1.165, 1.54) is 0 Å². The molecule has 10 heteroatoms. The van der Waals surface area contributed by atoms with Crippen LogP contribution in [0, 0.1) is 0 Å². The van der Waals surface area contributed by atoms with E-state index in [1.54, 1.807) is 18.3 Å². The Bertz CT molecular complexity index is 1170. The van der Waals surface area contributed by atoms with E-state index in [9.17, 15) is 23.1 Å². The second-order valence-electron chi connectivity index (χ2n) is 6.03. The maximum absolute atomic E-state index is 12.7. The van der Waals surface area contributed by atoms with Crippen molar-refractivity contribution in [2.75, 3.05) is 0 Å². The Kier molecular flexibility index (Phi) is 5.41. The number of rotatable bonds is 7. The number of halogens is 1. The molecule has 0 bridgehead atoms. The van der Waals surface area contributed by atoms with Crippen LogP contribution in [0.3, 0.4) is 0 Å². The fourth-order valence-electron chi connectivity index (χ4n) is 2.79. The summed E-state index contributed by atoms with van der Waals surface area (Å²) in [5.74, 6) is -2.71. The number of carbonyl (C=O) groups is 2. The van der Waals surface area contributed by atoms with E-state index in [1.807, 2.05) is 12.1 Å². The topological polar surface area (TPSA) is 137 Å². The van der Waals surface area contributed by atoms with Crippen molar-refractivity contribution in [1.82, 2.24) is 9.71 Å². The molecule has 1 aromatic heterocycles. The van der Waals surface area contributed by atoms with Gasteiger partial charge >= 0.3 is 11.9 Å². The molecule has 0 aliphatic heterocycles. The first kappa shape index (κ1) is 19.9. The highest BCUT2D eigenvalue weighted by Gasteiger charge is 2.28. The number of aromatic carboxylic acids is 1. The molecule has 3 aromatic rings. The number of nitrogens with one attached hydrogen (secondary N) is 2. The molecule has 0 saturated heterocycles. The first-order chi connectivity index (χ1) is 13.2. The van der Waals surface area contributed by atoms with Crippen molar-refractivity contribution in [1.29, 1.82) is 0 Å². The van der Waals surface area contributed by atoms with E-state index in [4.69, 9.17) is 16.7 Å². The van der Waals surface area contributed by atoms with Crippen molar-refractivity contribution in [3.8, 4) is 0 Å². The number of carboxylic acid groups (broad SMARTS) is 2. The smallest absolute Gasteiger partial charge is 0.335 e. The van der Waals surface area contributed by atoms with Gasteiger partial charge in [-0.25, -0.2) is 13.2 Å². The summed E-state index contributed by atoms with van der Waals surface area (Å²) < 4.78 is 27.5. The highest BCUT2D eigenvalue weighted by atomic mass is 35.5. The molecule has 4 N–H and O–H groups in total. The number of hydrogen-bond donors (Lipinski definition) is 4. The molecule has 0 radical (unpaired) electrons. The number of fused-ring (bicyclic) bond motifs is 1. The van der Waals surface area contributed by atoms with Crippen molar-refractivity contribution < 1.29 is 28.2 Å². The lowest BCUT2D eigenvalue weighted by molar-refractivity contribution is -0.138. The van der Waals surface area contributed by atoms with Crippen LogP contribution in [0.25, 0.3) is 10.9 Å². The Morgan fingerprint density at radius 3 is 2.54 bits per heavy atom. The Morgan fingerprint density at radius 1 is 1.14 bits per heavy atom. The normalized spacial score (nSPS) is 12.8. The summed E-state index contributed by atoms with van der Waals surface area (Å²) in [4.78, 5) is 25.3. The minimum Gasteiger partial charge on any atom is -0.480 e. The van der Waals surface area contributed by atoms with Gasteiger partial charge in [-0.15, -0.1) is 0 Å². The number of H-pyrrole nitrogens is 1.